The van der Waals surface area contributed by atoms with Crippen molar-refractivity contribution in [2.75, 3.05) is 18.4 Å². The van der Waals surface area contributed by atoms with Crippen molar-refractivity contribution < 1.29 is 13.2 Å². The number of hydrogen-bond acceptors (Lipinski definition) is 5. The molecule has 1 aromatic heterocycles. The maximum atomic E-state index is 12.8. The Morgan fingerprint density at radius 3 is 2.38 bits per heavy atom. The average molecular weight is 450 g/mol. The van der Waals surface area contributed by atoms with Crippen LogP contribution in [0, 0.1) is 0 Å². The summed E-state index contributed by atoms with van der Waals surface area (Å²) in [6.07, 6.45) is 7.06. The largest absolute Gasteiger partial charge is 0.332 e. The number of nitrogens with one attached hydrogen (secondary N) is 2. The maximum absolute atomic E-state index is 12.8. The van der Waals surface area contributed by atoms with Crippen molar-refractivity contribution in [3.63, 3.8) is 0 Å². The Morgan fingerprint density at radius 2 is 1.76 bits per heavy atom. The number of rotatable bonds is 5. The van der Waals surface area contributed by atoms with E-state index in [0.717, 1.165) is 30.6 Å². The SMILES string of the molecule is O=C(C=Cc1cccs1)NC(=S)Nc1ccc(S(=O)(=O)N2CCCCCC2)cc1. The van der Waals surface area contributed by atoms with Crippen LogP contribution in [-0.4, -0.2) is 36.8 Å². The van der Waals surface area contributed by atoms with Gasteiger partial charge in [-0.3, -0.25) is 10.1 Å². The summed E-state index contributed by atoms with van der Waals surface area (Å²) in [6, 6.07) is 10.2. The van der Waals surface area contributed by atoms with E-state index >= 15 is 0 Å². The second-order valence-corrected chi connectivity index (χ2v) is 9.96. The van der Waals surface area contributed by atoms with E-state index in [9.17, 15) is 13.2 Å². The van der Waals surface area contributed by atoms with E-state index in [1.54, 1.807) is 34.6 Å². The van der Waals surface area contributed by atoms with Crippen LogP contribution in [0.2, 0.25) is 0 Å². The molecule has 0 saturated carbocycles. The second-order valence-electron chi connectivity index (χ2n) is 6.63. The number of benzene rings is 1. The van der Waals surface area contributed by atoms with Crippen molar-refractivity contribution >= 4 is 56.4 Å². The molecule has 9 heteroatoms. The van der Waals surface area contributed by atoms with E-state index in [4.69, 9.17) is 12.2 Å². The van der Waals surface area contributed by atoms with Crippen LogP contribution in [0.3, 0.4) is 0 Å². The molecule has 1 aliphatic rings. The summed E-state index contributed by atoms with van der Waals surface area (Å²) in [7, 11) is -3.48. The van der Waals surface area contributed by atoms with Gasteiger partial charge in [-0.2, -0.15) is 4.31 Å². The first kappa shape index (κ1) is 21.6. The average Bonchev–Trinajstić information content (AvgIpc) is 3.06. The highest BCUT2D eigenvalue weighted by Gasteiger charge is 2.24. The number of amides is 1. The summed E-state index contributed by atoms with van der Waals surface area (Å²) >= 11 is 6.68. The summed E-state index contributed by atoms with van der Waals surface area (Å²) in [6.45, 7) is 1.13. The molecule has 0 unspecified atom stereocenters. The highest BCUT2D eigenvalue weighted by molar-refractivity contribution is 7.89. The minimum Gasteiger partial charge on any atom is -0.332 e. The molecule has 2 N–H and O–H groups in total. The van der Waals surface area contributed by atoms with Crippen molar-refractivity contribution in [1.29, 1.82) is 0 Å². The molecule has 1 fully saturated rings. The summed E-state index contributed by atoms with van der Waals surface area (Å²) in [5.41, 5.74) is 0.604. The number of thiophene rings is 1. The highest BCUT2D eigenvalue weighted by Crippen LogP contribution is 2.21. The Kier molecular flexibility index (Phi) is 7.54. The van der Waals surface area contributed by atoms with Crippen molar-refractivity contribution in [3.05, 3.63) is 52.7 Å². The molecular weight excluding hydrogens is 426 g/mol. The zero-order chi connectivity index (χ0) is 20.7. The molecule has 0 spiro atoms. The first-order chi connectivity index (χ1) is 13.9. The Labute approximate surface area is 180 Å². The van der Waals surface area contributed by atoms with Crippen molar-refractivity contribution in [2.45, 2.75) is 30.6 Å². The fourth-order valence-electron chi connectivity index (χ4n) is 3.00. The molecule has 154 valence electrons. The first-order valence-corrected chi connectivity index (χ1v) is 12.1. The van der Waals surface area contributed by atoms with Crippen LogP contribution in [0.25, 0.3) is 6.08 Å². The summed E-state index contributed by atoms with van der Waals surface area (Å²) in [5, 5.41) is 7.54. The van der Waals surface area contributed by atoms with Gasteiger partial charge in [-0.05, 0) is 66.8 Å². The van der Waals surface area contributed by atoms with Gasteiger partial charge in [-0.15, -0.1) is 11.3 Å². The maximum Gasteiger partial charge on any atom is 0.250 e. The highest BCUT2D eigenvalue weighted by atomic mass is 32.2. The van der Waals surface area contributed by atoms with Gasteiger partial charge >= 0.3 is 0 Å². The lowest BCUT2D eigenvalue weighted by Gasteiger charge is -2.20. The standard InChI is InChI=1S/C20H23N3O3S3/c24-19(12-9-17-6-5-15-28-17)22-20(27)21-16-7-10-18(11-8-16)29(25,26)23-13-3-1-2-4-14-23/h5-12,15H,1-4,13-14H2,(H2,21,22,24,27). The van der Waals surface area contributed by atoms with Crippen LogP contribution in [0.5, 0.6) is 0 Å². The number of thiocarbonyl (C=S) groups is 1. The number of anilines is 1. The van der Waals surface area contributed by atoms with Gasteiger partial charge in [0.1, 0.15) is 0 Å². The van der Waals surface area contributed by atoms with E-state index in [0.29, 0.717) is 18.8 Å². The Hall–Kier alpha value is -2.07. The van der Waals surface area contributed by atoms with Crippen molar-refractivity contribution in [1.82, 2.24) is 9.62 Å². The van der Waals surface area contributed by atoms with Crippen LogP contribution in [0.1, 0.15) is 30.6 Å². The molecule has 2 aromatic rings. The number of hydrogen-bond donors (Lipinski definition) is 2. The third-order valence-corrected chi connectivity index (χ3v) is 7.45. The molecule has 1 aromatic carbocycles. The van der Waals surface area contributed by atoms with Gasteiger partial charge in [-0.25, -0.2) is 8.42 Å². The van der Waals surface area contributed by atoms with Gasteiger partial charge in [0.15, 0.2) is 5.11 Å². The lowest BCUT2D eigenvalue weighted by atomic mass is 10.2. The van der Waals surface area contributed by atoms with E-state index < -0.39 is 10.0 Å². The molecule has 0 bridgehead atoms. The quantitative estimate of drug-likeness (QED) is 0.536. The van der Waals surface area contributed by atoms with Crippen LogP contribution < -0.4 is 10.6 Å². The molecule has 0 aliphatic carbocycles. The monoisotopic (exact) mass is 449 g/mol. The smallest absolute Gasteiger partial charge is 0.250 e. The number of carbonyl (C=O) groups is 1. The third kappa shape index (κ3) is 6.20. The van der Waals surface area contributed by atoms with Gasteiger partial charge in [0.2, 0.25) is 15.9 Å². The molecule has 0 atom stereocenters. The molecule has 29 heavy (non-hydrogen) atoms. The Balaban J connectivity index is 1.57. The van der Waals surface area contributed by atoms with E-state index in [2.05, 4.69) is 10.6 Å². The van der Waals surface area contributed by atoms with Gasteiger partial charge in [0, 0.05) is 29.7 Å². The lowest BCUT2D eigenvalue weighted by Crippen LogP contribution is -2.33. The van der Waals surface area contributed by atoms with Gasteiger partial charge in [0.05, 0.1) is 4.90 Å². The second kappa shape index (κ2) is 10.1. The molecule has 2 heterocycles. The van der Waals surface area contributed by atoms with Crippen molar-refractivity contribution in [3.8, 4) is 0 Å². The topological polar surface area (TPSA) is 78.5 Å². The predicted molar refractivity (Wildman–Crippen MR) is 121 cm³/mol. The number of carbonyl (C=O) groups excluding carboxylic acids is 1. The molecule has 3 rings (SSSR count). The van der Waals surface area contributed by atoms with E-state index in [1.807, 2.05) is 17.5 Å². The fourth-order valence-corrected chi connectivity index (χ4v) is 5.35. The Bertz CT molecular complexity index is 960. The van der Waals surface area contributed by atoms with Crippen molar-refractivity contribution in [2.24, 2.45) is 0 Å². The number of nitrogens with zero attached hydrogens (tertiary/aromatic N) is 1. The van der Waals surface area contributed by atoms with Gasteiger partial charge in [-0.1, -0.05) is 18.9 Å². The predicted octanol–water partition coefficient (Wildman–Crippen LogP) is 3.84. The first-order valence-electron chi connectivity index (χ1n) is 9.39. The van der Waals surface area contributed by atoms with E-state index in [-0.39, 0.29) is 15.9 Å². The summed E-state index contributed by atoms with van der Waals surface area (Å²) < 4.78 is 27.2. The normalized spacial score (nSPS) is 15.7. The molecule has 1 saturated heterocycles. The van der Waals surface area contributed by atoms with Crippen LogP contribution in [0.4, 0.5) is 5.69 Å². The van der Waals surface area contributed by atoms with Gasteiger partial charge < -0.3 is 5.32 Å². The summed E-state index contributed by atoms with van der Waals surface area (Å²) in [5.74, 6) is -0.337. The van der Waals surface area contributed by atoms with Gasteiger partial charge in [0.25, 0.3) is 0 Å². The minimum absolute atomic E-state index is 0.147. The zero-order valence-electron chi connectivity index (χ0n) is 15.8. The Morgan fingerprint density at radius 1 is 1.07 bits per heavy atom. The van der Waals surface area contributed by atoms with E-state index in [1.165, 1.54) is 17.4 Å². The fraction of sp³-hybridized carbons (Fsp3) is 0.300. The third-order valence-electron chi connectivity index (χ3n) is 4.49. The van der Waals surface area contributed by atoms with Crippen LogP contribution in [0.15, 0.2) is 52.7 Å². The minimum atomic E-state index is -3.48. The van der Waals surface area contributed by atoms with Crippen LogP contribution in [-0.2, 0) is 14.8 Å². The molecular formula is C20H23N3O3S3. The number of sulfonamides is 1. The molecule has 1 amide bonds. The summed E-state index contributed by atoms with van der Waals surface area (Å²) in [4.78, 5) is 13.2. The molecule has 1 aliphatic heterocycles. The molecule has 0 radical (unpaired) electrons. The zero-order valence-corrected chi connectivity index (χ0v) is 18.3. The molecule has 6 nitrogen and oxygen atoms in total. The lowest BCUT2D eigenvalue weighted by molar-refractivity contribution is -0.115. The van der Waals surface area contributed by atoms with Crippen LogP contribution >= 0.6 is 23.6 Å².